The van der Waals surface area contributed by atoms with Crippen molar-refractivity contribution in [3.8, 4) is 0 Å². The van der Waals surface area contributed by atoms with Crippen LogP contribution in [0.15, 0.2) is 11.6 Å². The van der Waals surface area contributed by atoms with Crippen molar-refractivity contribution >= 4 is 0 Å². The van der Waals surface area contributed by atoms with Crippen LogP contribution in [-0.4, -0.2) is 35.6 Å². The lowest BCUT2D eigenvalue weighted by atomic mass is 9.50. The average Bonchev–Trinajstić information content (AvgIpc) is 2.91. The predicted molar refractivity (Wildman–Crippen MR) is 89.9 cm³/mol. The zero-order valence-corrected chi connectivity index (χ0v) is 14.6. The summed E-state index contributed by atoms with van der Waals surface area (Å²) in [4.78, 5) is 0. The Morgan fingerprint density at radius 2 is 2.00 bits per heavy atom. The molecule has 8 atom stereocenters. The number of methoxy groups -OCH3 is 1. The van der Waals surface area contributed by atoms with Crippen molar-refractivity contribution in [3.05, 3.63) is 11.6 Å². The van der Waals surface area contributed by atoms with Crippen LogP contribution in [-0.2, 0) is 4.74 Å². The van der Waals surface area contributed by atoms with Crippen molar-refractivity contribution in [3.63, 3.8) is 0 Å². The van der Waals surface area contributed by atoms with E-state index in [-0.39, 0.29) is 23.7 Å². The molecule has 4 rings (SSSR count). The van der Waals surface area contributed by atoms with Gasteiger partial charge in [-0.3, -0.25) is 0 Å². The second-order valence-electron chi connectivity index (χ2n) is 8.54. The Morgan fingerprint density at radius 1 is 1.17 bits per heavy atom. The maximum Gasteiger partial charge on any atom is 0.0754 e. The Labute approximate surface area is 140 Å². The summed E-state index contributed by atoms with van der Waals surface area (Å²) in [5, 5.41) is 21.7. The van der Waals surface area contributed by atoms with Gasteiger partial charge in [0.1, 0.15) is 0 Å². The van der Waals surface area contributed by atoms with Crippen LogP contribution in [0.3, 0.4) is 0 Å². The van der Waals surface area contributed by atoms with Crippen LogP contribution in [0.1, 0.15) is 58.3 Å². The van der Waals surface area contributed by atoms with E-state index in [9.17, 15) is 10.2 Å². The highest BCUT2D eigenvalue weighted by atomic mass is 16.5. The summed E-state index contributed by atoms with van der Waals surface area (Å²) in [5.74, 6) is 2.21. The molecule has 0 saturated heterocycles. The van der Waals surface area contributed by atoms with Crippen molar-refractivity contribution in [1.82, 2.24) is 0 Å². The molecule has 0 unspecified atom stereocenters. The number of aliphatic hydroxyl groups is 2. The fraction of sp³-hybridized carbons (Fsp3) is 0.900. The molecule has 3 heteroatoms. The van der Waals surface area contributed by atoms with Gasteiger partial charge < -0.3 is 14.9 Å². The van der Waals surface area contributed by atoms with E-state index in [1.165, 1.54) is 12.8 Å². The molecule has 2 N–H and O–H groups in total. The van der Waals surface area contributed by atoms with Crippen LogP contribution in [0.5, 0.6) is 0 Å². The first-order chi connectivity index (χ1) is 11.1. The maximum atomic E-state index is 11.1. The standard InChI is InChI=1S/C20H32O3/c1-3-20-11-17(21)19-14-7-5-13(23-2)10-12(14)4-6-15(19)16(20)8-9-18(20)22/h10,13-19,21-22H,3-9,11H2,1-2H3/t13-,14+,15+,16+,17-,18+,19-,20+/m1/s1. The lowest BCUT2D eigenvalue weighted by molar-refractivity contribution is -0.130. The first-order valence-corrected chi connectivity index (χ1v) is 9.70. The molecule has 3 saturated carbocycles. The molecular weight excluding hydrogens is 288 g/mol. The quantitative estimate of drug-likeness (QED) is 0.768. The summed E-state index contributed by atoms with van der Waals surface area (Å²) in [6.45, 7) is 2.21. The van der Waals surface area contributed by atoms with E-state index in [2.05, 4.69) is 13.0 Å². The molecule has 0 aromatic rings. The van der Waals surface area contributed by atoms with E-state index >= 15 is 0 Å². The Kier molecular flexibility index (Phi) is 4.10. The Balaban J connectivity index is 1.65. The molecule has 23 heavy (non-hydrogen) atoms. The second kappa shape index (κ2) is 5.86. The van der Waals surface area contributed by atoms with Crippen molar-refractivity contribution in [2.45, 2.75) is 76.6 Å². The third-order valence-electron chi connectivity index (χ3n) is 8.03. The van der Waals surface area contributed by atoms with Gasteiger partial charge in [-0.25, -0.2) is 0 Å². The number of ether oxygens (including phenoxy) is 1. The minimum Gasteiger partial charge on any atom is -0.393 e. The highest BCUT2D eigenvalue weighted by molar-refractivity contribution is 5.21. The van der Waals surface area contributed by atoms with E-state index in [1.807, 2.05) is 0 Å². The second-order valence-corrected chi connectivity index (χ2v) is 8.54. The summed E-state index contributed by atoms with van der Waals surface area (Å²) >= 11 is 0. The van der Waals surface area contributed by atoms with Crippen molar-refractivity contribution in [1.29, 1.82) is 0 Å². The summed E-state index contributed by atoms with van der Waals surface area (Å²) in [7, 11) is 1.80. The monoisotopic (exact) mass is 320 g/mol. The van der Waals surface area contributed by atoms with E-state index < -0.39 is 0 Å². The van der Waals surface area contributed by atoms with Crippen LogP contribution < -0.4 is 0 Å². The molecule has 0 heterocycles. The zero-order valence-electron chi connectivity index (χ0n) is 14.6. The molecule has 0 bridgehead atoms. The van der Waals surface area contributed by atoms with Crippen LogP contribution in [0.4, 0.5) is 0 Å². The molecule has 3 nitrogen and oxygen atoms in total. The molecule has 4 aliphatic carbocycles. The SMILES string of the molecule is CC[C@]12C[C@@H](O)[C@H]3[C@@H](CCC4=C[C@H](OC)CC[C@@H]43)[C@@H]1CC[C@@H]2O. The molecule has 4 aliphatic rings. The van der Waals surface area contributed by atoms with Crippen LogP contribution in [0.25, 0.3) is 0 Å². The minimum atomic E-state index is -0.239. The lowest BCUT2D eigenvalue weighted by Crippen LogP contribution is -2.54. The van der Waals surface area contributed by atoms with Gasteiger partial charge in [0.25, 0.3) is 0 Å². The zero-order chi connectivity index (χ0) is 16.2. The molecule has 0 aromatic heterocycles. The average molecular weight is 320 g/mol. The number of rotatable bonds is 2. The molecule has 0 aromatic carbocycles. The Bertz CT molecular complexity index is 487. The van der Waals surface area contributed by atoms with E-state index in [4.69, 9.17) is 4.74 Å². The summed E-state index contributed by atoms with van der Waals surface area (Å²) in [5.41, 5.74) is 1.54. The van der Waals surface area contributed by atoms with Crippen molar-refractivity contribution < 1.29 is 14.9 Å². The summed E-state index contributed by atoms with van der Waals surface area (Å²) in [6, 6.07) is 0. The predicted octanol–water partition coefficient (Wildman–Crippen LogP) is 3.30. The third kappa shape index (κ3) is 2.26. The Hall–Kier alpha value is -0.380. The first kappa shape index (κ1) is 16.1. The molecule has 0 spiro atoms. The van der Waals surface area contributed by atoms with Gasteiger partial charge in [-0.2, -0.15) is 0 Å². The molecule has 3 fully saturated rings. The number of allylic oxidation sites excluding steroid dienone is 1. The summed E-state index contributed by atoms with van der Waals surface area (Å²) < 4.78 is 5.55. The van der Waals surface area contributed by atoms with Gasteiger partial charge in [0.2, 0.25) is 0 Å². The van der Waals surface area contributed by atoms with E-state index in [0.29, 0.717) is 23.7 Å². The minimum absolute atomic E-state index is 0.00840. The molecule has 130 valence electrons. The van der Waals surface area contributed by atoms with Gasteiger partial charge in [-0.1, -0.05) is 18.6 Å². The number of fused-ring (bicyclic) bond motifs is 5. The van der Waals surface area contributed by atoms with Gasteiger partial charge >= 0.3 is 0 Å². The lowest BCUT2D eigenvalue weighted by Gasteiger charge is -2.56. The van der Waals surface area contributed by atoms with Crippen molar-refractivity contribution in [2.75, 3.05) is 7.11 Å². The number of hydrogen-bond acceptors (Lipinski definition) is 3. The molecule has 0 aliphatic heterocycles. The smallest absolute Gasteiger partial charge is 0.0754 e. The highest BCUT2D eigenvalue weighted by Gasteiger charge is 2.60. The van der Waals surface area contributed by atoms with Gasteiger partial charge in [-0.05, 0) is 75.0 Å². The highest BCUT2D eigenvalue weighted by Crippen LogP contribution is 2.63. The fourth-order valence-corrected chi connectivity index (χ4v) is 6.97. The molecule has 0 amide bonds. The number of hydrogen-bond donors (Lipinski definition) is 2. The van der Waals surface area contributed by atoms with E-state index in [0.717, 1.165) is 38.5 Å². The molecule has 0 radical (unpaired) electrons. The van der Waals surface area contributed by atoms with Crippen LogP contribution >= 0.6 is 0 Å². The van der Waals surface area contributed by atoms with Gasteiger partial charge in [0, 0.05) is 12.5 Å². The third-order valence-corrected chi connectivity index (χ3v) is 8.03. The maximum absolute atomic E-state index is 11.1. The number of aliphatic hydroxyl groups excluding tert-OH is 2. The molecular formula is C20H32O3. The normalized spacial score (nSPS) is 52.3. The van der Waals surface area contributed by atoms with Gasteiger partial charge in [0.05, 0.1) is 18.3 Å². The van der Waals surface area contributed by atoms with Crippen LogP contribution in [0.2, 0.25) is 0 Å². The van der Waals surface area contributed by atoms with Crippen LogP contribution in [0, 0.1) is 29.1 Å². The topological polar surface area (TPSA) is 49.7 Å². The van der Waals surface area contributed by atoms with E-state index in [1.54, 1.807) is 12.7 Å². The van der Waals surface area contributed by atoms with Crippen molar-refractivity contribution in [2.24, 2.45) is 29.1 Å². The largest absolute Gasteiger partial charge is 0.393 e. The Morgan fingerprint density at radius 3 is 2.74 bits per heavy atom. The fourth-order valence-electron chi connectivity index (χ4n) is 6.97. The summed E-state index contributed by atoms with van der Waals surface area (Å²) in [6.07, 6.45) is 10.7. The van der Waals surface area contributed by atoms with Gasteiger partial charge in [0.15, 0.2) is 0 Å². The van der Waals surface area contributed by atoms with Gasteiger partial charge in [-0.15, -0.1) is 0 Å². The first-order valence-electron chi connectivity index (χ1n) is 9.70.